The van der Waals surface area contributed by atoms with Crippen LogP contribution in [0.15, 0.2) is 11.6 Å². The molecule has 4 heteroatoms. The molecule has 0 amide bonds. The Hall–Kier alpha value is -0.740. The zero-order valence-corrected chi connectivity index (χ0v) is 20.7. The van der Waals surface area contributed by atoms with Crippen molar-refractivity contribution >= 4 is 0 Å². The van der Waals surface area contributed by atoms with E-state index in [4.69, 9.17) is 9.47 Å². The van der Waals surface area contributed by atoms with E-state index in [9.17, 15) is 0 Å². The number of quaternary nitrogens is 1. The fourth-order valence-corrected chi connectivity index (χ4v) is 3.87. The van der Waals surface area contributed by atoms with Crippen LogP contribution in [0.1, 0.15) is 116 Å². The highest BCUT2D eigenvalue weighted by atomic mass is 16.7. The van der Waals surface area contributed by atoms with Gasteiger partial charge in [0.2, 0.25) is 0 Å². The molecule has 0 radical (unpaired) electrons. The predicted molar refractivity (Wildman–Crippen MR) is 125 cm³/mol. The van der Waals surface area contributed by atoms with Gasteiger partial charge in [0.05, 0.1) is 35.4 Å². The molecule has 0 aromatic rings. The third-order valence-corrected chi connectivity index (χ3v) is 5.68. The van der Waals surface area contributed by atoms with Gasteiger partial charge in [0.1, 0.15) is 0 Å². The molecule has 0 atom stereocenters. The van der Waals surface area contributed by atoms with Crippen LogP contribution < -0.4 is 0 Å². The SMILES string of the molecule is CCCCCCCCCCCCCCCCCCC(=C(OC)OC)[N+](C)(C)C.[OH-]. The molecule has 0 aliphatic carbocycles. The van der Waals surface area contributed by atoms with Gasteiger partial charge in [-0.1, -0.05) is 103 Å². The number of hydrogen-bond acceptors (Lipinski definition) is 3. The molecule has 0 unspecified atom stereocenters. The Bertz CT molecular complexity index is 369. The molecule has 0 spiro atoms. The number of nitrogens with zero attached hydrogens (tertiary/aromatic N) is 1. The summed E-state index contributed by atoms with van der Waals surface area (Å²) in [7, 11) is 9.93. The van der Waals surface area contributed by atoms with Crippen LogP contribution in [0.25, 0.3) is 0 Å². The average Bonchev–Trinajstić information content (AvgIpc) is 2.66. The lowest BCUT2D eigenvalue weighted by Crippen LogP contribution is -2.35. The highest BCUT2D eigenvalue weighted by Crippen LogP contribution is 2.22. The summed E-state index contributed by atoms with van der Waals surface area (Å²) in [5.41, 5.74) is 1.25. The summed E-state index contributed by atoms with van der Waals surface area (Å²) in [5, 5.41) is 0. The Labute approximate surface area is 182 Å². The molecule has 0 heterocycles. The topological polar surface area (TPSA) is 48.5 Å². The molecule has 176 valence electrons. The minimum absolute atomic E-state index is 0. The molecule has 0 saturated carbocycles. The van der Waals surface area contributed by atoms with Crippen molar-refractivity contribution in [1.82, 2.24) is 0 Å². The quantitative estimate of drug-likeness (QED) is 0.117. The third-order valence-electron chi connectivity index (χ3n) is 5.68. The minimum Gasteiger partial charge on any atom is -0.870 e. The molecule has 0 aromatic carbocycles. The number of unbranched alkanes of at least 4 members (excludes halogenated alkanes) is 15. The molecular weight excluding hydrogens is 362 g/mol. The lowest BCUT2D eigenvalue weighted by molar-refractivity contribution is -0.834. The van der Waals surface area contributed by atoms with Crippen molar-refractivity contribution in [2.75, 3.05) is 35.4 Å². The molecule has 0 aliphatic rings. The Kier molecular flexibility index (Phi) is 21.6. The van der Waals surface area contributed by atoms with E-state index in [1.165, 1.54) is 108 Å². The number of allylic oxidation sites excluding steroid dienone is 1. The van der Waals surface area contributed by atoms with Crippen LogP contribution in [0, 0.1) is 0 Å². The Morgan fingerprint density at radius 3 is 1.14 bits per heavy atom. The fraction of sp³-hybridized carbons (Fsp3) is 0.920. The normalized spacial score (nSPS) is 11.1. The molecule has 0 rings (SSSR count). The van der Waals surface area contributed by atoms with Crippen LogP contribution in [0.2, 0.25) is 0 Å². The van der Waals surface area contributed by atoms with E-state index >= 15 is 0 Å². The largest absolute Gasteiger partial charge is 0.870 e. The second-order valence-electron chi connectivity index (χ2n) is 9.21. The maximum atomic E-state index is 5.41. The Morgan fingerprint density at radius 1 is 0.552 bits per heavy atom. The highest BCUT2D eigenvalue weighted by molar-refractivity contribution is 4.94. The van der Waals surface area contributed by atoms with Crippen LogP contribution >= 0.6 is 0 Å². The van der Waals surface area contributed by atoms with E-state index in [0.29, 0.717) is 5.95 Å². The van der Waals surface area contributed by atoms with Crippen molar-refractivity contribution in [3.05, 3.63) is 11.6 Å². The van der Waals surface area contributed by atoms with Gasteiger partial charge in [-0.05, 0) is 6.42 Å². The van der Waals surface area contributed by atoms with Gasteiger partial charge in [-0.25, -0.2) is 0 Å². The van der Waals surface area contributed by atoms with Gasteiger partial charge in [0, 0.05) is 6.42 Å². The number of rotatable bonds is 20. The van der Waals surface area contributed by atoms with Gasteiger partial charge in [-0.2, -0.15) is 0 Å². The maximum Gasteiger partial charge on any atom is 0.338 e. The predicted octanol–water partition coefficient (Wildman–Crippen LogP) is 7.63. The fourth-order valence-electron chi connectivity index (χ4n) is 3.87. The molecule has 0 fully saturated rings. The van der Waals surface area contributed by atoms with Crippen molar-refractivity contribution in [1.29, 1.82) is 0 Å². The summed E-state index contributed by atoms with van der Waals surface area (Å²) in [6.45, 7) is 2.29. The first-order valence-electron chi connectivity index (χ1n) is 12.1. The molecule has 0 aromatic heterocycles. The Morgan fingerprint density at radius 2 is 0.862 bits per heavy atom. The number of hydrogen-bond donors (Lipinski definition) is 0. The van der Waals surface area contributed by atoms with Crippen LogP contribution in [0.5, 0.6) is 0 Å². The van der Waals surface area contributed by atoms with E-state index in [2.05, 4.69) is 28.1 Å². The first-order chi connectivity index (χ1) is 13.5. The smallest absolute Gasteiger partial charge is 0.338 e. The van der Waals surface area contributed by atoms with Gasteiger partial charge in [-0.15, -0.1) is 0 Å². The lowest BCUT2D eigenvalue weighted by atomic mass is 10.0. The summed E-state index contributed by atoms with van der Waals surface area (Å²) in [4.78, 5) is 0. The van der Waals surface area contributed by atoms with E-state index in [1.807, 2.05) is 0 Å². The summed E-state index contributed by atoms with van der Waals surface area (Å²) >= 11 is 0. The number of ether oxygens (including phenoxy) is 2. The first-order valence-corrected chi connectivity index (χ1v) is 12.1. The van der Waals surface area contributed by atoms with Crippen molar-refractivity contribution < 1.29 is 19.4 Å². The summed E-state index contributed by atoms with van der Waals surface area (Å²) in [5.74, 6) is 0.688. The third kappa shape index (κ3) is 17.8. The standard InChI is InChI=1S/C25H52NO2.H2O/c1-7-8-9-10-11-12-13-14-15-16-17-18-19-20-21-22-23-24(26(2,3)4)25(27-5)28-6;/h7-23H2,1-6H3;1H2/q+1;/p-1. The Balaban J connectivity index is 0. The van der Waals surface area contributed by atoms with Crippen molar-refractivity contribution in [3.63, 3.8) is 0 Å². The molecule has 0 bridgehead atoms. The summed E-state index contributed by atoms with van der Waals surface area (Å²) < 4.78 is 11.6. The van der Waals surface area contributed by atoms with Crippen molar-refractivity contribution in [3.8, 4) is 0 Å². The maximum absolute atomic E-state index is 5.41. The van der Waals surface area contributed by atoms with E-state index in [-0.39, 0.29) is 5.48 Å². The second kappa shape index (κ2) is 20.5. The van der Waals surface area contributed by atoms with Gasteiger partial charge in [-0.3, -0.25) is 4.48 Å². The van der Waals surface area contributed by atoms with Crippen LogP contribution in [-0.4, -0.2) is 45.3 Å². The zero-order chi connectivity index (χ0) is 21.1. The van der Waals surface area contributed by atoms with E-state index in [1.54, 1.807) is 14.2 Å². The molecule has 0 saturated heterocycles. The van der Waals surface area contributed by atoms with Gasteiger partial charge >= 0.3 is 5.95 Å². The van der Waals surface area contributed by atoms with Crippen molar-refractivity contribution in [2.24, 2.45) is 0 Å². The molecular formula is C25H53NO3. The van der Waals surface area contributed by atoms with Gasteiger partial charge in [0.15, 0.2) is 5.70 Å². The lowest BCUT2D eigenvalue weighted by Gasteiger charge is -2.27. The summed E-state index contributed by atoms with van der Waals surface area (Å²) in [6.07, 6.45) is 23.6. The van der Waals surface area contributed by atoms with Crippen LogP contribution in [-0.2, 0) is 9.47 Å². The van der Waals surface area contributed by atoms with Gasteiger partial charge in [0.25, 0.3) is 0 Å². The average molecular weight is 416 g/mol. The monoisotopic (exact) mass is 415 g/mol. The van der Waals surface area contributed by atoms with Gasteiger partial charge < -0.3 is 14.9 Å². The molecule has 0 aliphatic heterocycles. The minimum atomic E-state index is 0. The molecule has 29 heavy (non-hydrogen) atoms. The zero-order valence-electron chi connectivity index (χ0n) is 20.7. The van der Waals surface area contributed by atoms with Crippen LogP contribution in [0.4, 0.5) is 0 Å². The molecule has 4 nitrogen and oxygen atoms in total. The van der Waals surface area contributed by atoms with Crippen molar-refractivity contribution in [2.45, 2.75) is 116 Å². The van der Waals surface area contributed by atoms with Crippen LogP contribution in [0.3, 0.4) is 0 Å². The summed E-state index contributed by atoms with van der Waals surface area (Å²) in [6, 6.07) is 0. The number of methoxy groups -OCH3 is 2. The second-order valence-corrected chi connectivity index (χ2v) is 9.21. The highest BCUT2D eigenvalue weighted by Gasteiger charge is 2.23. The van der Waals surface area contributed by atoms with E-state index < -0.39 is 0 Å². The first kappa shape index (κ1) is 30.5. The molecule has 1 N–H and O–H groups in total. The van der Waals surface area contributed by atoms with E-state index in [0.717, 1.165) is 10.9 Å².